The van der Waals surface area contributed by atoms with Crippen molar-refractivity contribution in [2.75, 3.05) is 6.16 Å². The number of hydrogen-bond acceptors (Lipinski definition) is 3. The van der Waals surface area contributed by atoms with Gasteiger partial charge in [-0.15, -0.1) is 0 Å². The number of amides is 1. The van der Waals surface area contributed by atoms with E-state index in [1.807, 2.05) is 38.1 Å². The van der Waals surface area contributed by atoms with Crippen LogP contribution in [0.3, 0.4) is 0 Å². The van der Waals surface area contributed by atoms with E-state index in [0.717, 1.165) is 11.9 Å². The zero-order valence-electron chi connectivity index (χ0n) is 11.8. The van der Waals surface area contributed by atoms with Gasteiger partial charge in [-0.1, -0.05) is 24.6 Å². The van der Waals surface area contributed by atoms with Crippen molar-refractivity contribution in [3.8, 4) is 11.5 Å². The predicted molar refractivity (Wildman–Crippen MR) is 94.4 cm³/mol. The molecule has 21 heavy (non-hydrogen) atoms. The first-order valence-corrected chi connectivity index (χ1v) is 10.8. The molecule has 1 heterocycles. The summed E-state index contributed by atoms with van der Waals surface area (Å²) in [4.78, 5) is 16.1. The SMILES string of the molecule is CCP(I)NC(=O)c1cc(Oc2ccc(C)cc2)ccn1. The molecule has 0 saturated carbocycles. The van der Waals surface area contributed by atoms with E-state index in [1.165, 1.54) is 5.56 Å². The van der Waals surface area contributed by atoms with Crippen LogP contribution in [-0.4, -0.2) is 17.1 Å². The van der Waals surface area contributed by atoms with E-state index in [1.54, 1.807) is 18.3 Å². The average molecular weight is 414 g/mol. The molecule has 0 aliphatic heterocycles. The lowest BCUT2D eigenvalue weighted by atomic mass is 10.2. The molecule has 0 fully saturated rings. The Balaban J connectivity index is 2.10. The largest absolute Gasteiger partial charge is 0.457 e. The third-order valence-electron chi connectivity index (χ3n) is 2.72. The van der Waals surface area contributed by atoms with Crippen LogP contribution in [0.15, 0.2) is 42.6 Å². The van der Waals surface area contributed by atoms with Crippen molar-refractivity contribution in [3.63, 3.8) is 0 Å². The minimum atomic E-state index is -0.513. The van der Waals surface area contributed by atoms with Gasteiger partial charge in [0.05, 0.1) is 5.71 Å². The first kappa shape index (κ1) is 16.2. The highest BCUT2D eigenvalue weighted by Gasteiger charge is 2.12. The summed E-state index contributed by atoms with van der Waals surface area (Å²) in [6, 6.07) is 11.2. The van der Waals surface area contributed by atoms with Gasteiger partial charge in [0, 0.05) is 12.3 Å². The highest BCUT2D eigenvalue weighted by molar-refractivity contribution is 14.2. The van der Waals surface area contributed by atoms with Crippen molar-refractivity contribution in [2.24, 2.45) is 0 Å². The minimum absolute atomic E-state index is 0.160. The van der Waals surface area contributed by atoms with Gasteiger partial charge in [-0.2, -0.15) is 0 Å². The fourth-order valence-corrected chi connectivity index (χ4v) is 2.74. The maximum absolute atomic E-state index is 12.0. The van der Waals surface area contributed by atoms with E-state index in [2.05, 4.69) is 32.1 Å². The Bertz CT molecular complexity index is 619. The van der Waals surface area contributed by atoms with Crippen LogP contribution in [0.5, 0.6) is 11.5 Å². The molecule has 1 aromatic carbocycles. The van der Waals surface area contributed by atoms with Crippen LogP contribution in [-0.2, 0) is 0 Å². The molecule has 4 nitrogen and oxygen atoms in total. The molecule has 0 saturated heterocycles. The normalized spacial score (nSPS) is 11.8. The van der Waals surface area contributed by atoms with E-state index < -0.39 is 5.71 Å². The fraction of sp³-hybridized carbons (Fsp3) is 0.200. The molecule has 1 amide bonds. The summed E-state index contributed by atoms with van der Waals surface area (Å²) in [5.74, 6) is 1.18. The molecule has 0 radical (unpaired) electrons. The number of halogens is 1. The molecule has 2 aromatic rings. The summed E-state index contributed by atoms with van der Waals surface area (Å²) in [6.45, 7) is 4.07. The molecule has 2 rings (SSSR count). The van der Waals surface area contributed by atoms with Crippen LogP contribution in [0, 0.1) is 6.92 Å². The molecule has 0 aliphatic rings. The topological polar surface area (TPSA) is 51.2 Å². The summed E-state index contributed by atoms with van der Waals surface area (Å²) in [5.41, 5.74) is 1.03. The molecular formula is C15H16IN2O2P. The van der Waals surface area contributed by atoms with E-state index in [9.17, 15) is 4.79 Å². The number of nitrogens with zero attached hydrogens (tertiary/aromatic N) is 1. The summed E-state index contributed by atoms with van der Waals surface area (Å²) in [5, 5.41) is 2.94. The van der Waals surface area contributed by atoms with Crippen molar-refractivity contribution in [1.29, 1.82) is 0 Å². The second kappa shape index (κ2) is 7.71. The second-order valence-corrected chi connectivity index (χ2v) is 9.49. The monoisotopic (exact) mass is 414 g/mol. The number of hydrogen-bond donors (Lipinski definition) is 1. The highest BCUT2D eigenvalue weighted by Crippen LogP contribution is 2.39. The lowest BCUT2D eigenvalue weighted by molar-refractivity contribution is 0.0978. The zero-order valence-corrected chi connectivity index (χ0v) is 14.9. The van der Waals surface area contributed by atoms with Gasteiger partial charge in [0.2, 0.25) is 0 Å². The van der Waals surface area contributed by atoms with Crippen LogP contribution in [0.25, 0.3) is 0 Å². The number of ether oxygens (including phenoxy) is 1. The van der Waals surface area contributed by atoms with Gasteiger partial charge in [-0.3, -0.25) is 9.78 Å². The number of nitrogens with one attached hydrogen (secondary N) is 1. The Morgan fingerprint density at radius 2 is 2.00 bits per heavy atom. The van der Waals surface area contributed by atoms with Gasteiger partial charge < -0.3 is 9.82 Å². The highest BCUT2D eigenvalue weighted by atomic mass is 127. The van der Waals surface area contributed by atoms with E-state index in [4.69, 9.17) is 4.74 Å². The summed E-state index contributed by atoms with van der Waals surface area (Å²) < 4.78 is 5.74. The van der Waals surface area contributed by atoms with Gasteiger partial charge in [0.15, 0.2) is 0 Å². The molecule has 6 heteroatoms. The number of benzene rings is 1. The molecular weight excluding hydrogens is 398 g/mol. The molecule has 110 valence electrons. The molecule has 0 aliphatic carbocycles. The smallest absolute Gasteiger partial charge is 0.273 e. The van der Waals surface area contributed by atoms with Gasteiger partial charge in [-0.05, 0) is 53.3 Å². The second-order valence-electron chi connectivity index (χ2n) is 4.41. The molecule has 0 bridgehead atoms. The third kappa shape index (κ3) is 4.93. The number of aryl methyl sites for hydroxylation is 1. The first-order valence-electron chi connectivity index (χ1n) is 6.53. The first-order chi connectivity index (χ1) is 10.1. The van der Waals surface area contributed by atoms with Crippen molar-refractivity contribution in [2.45, 2.75) is 13.8 Å². The number of carbonyl (C=O) groups is 1. The zero-order chi connectivity index (χ0) is 15.2. The molecule has 1 unspecified atom stereocenters. The number of rotatable bonds is 5. The Labute approximate surface area is 138 Å². The summed E-state index contributed by atoms with van der Waals surface area (Å²) in [7, 11) is 0. The minimum Gasteiger partial charge on any atom is -0.457 e. The van der Waals surface area contributed by atoms with Gasteiger partial charge in [0.1, 0.15) is 17.2 Å². The fourth-order valence-electron chi connectivity index (χ4n) is 1.59. The molecule has 0 spiro atoms. The Morgan fingerprint density at radius 3 is 2.67 bits per heavy atom. The van der Waals surface area contributed by atoms with Gasteiger partial charge in [0.25, 0.3) is 5.91 Å². The standard InChI is InChI=1S/C15H16IN2O2P/c1-3-21(16)18-15(19)14-10-13(8-9-17-14)20-12-6-4-11(2)5-7-12/h4-10H,3H2,1-2H3,(H,18,19). The van der Waals surface area contributed by atoms with Crippen LogP contribution >= 0.6 is 27.8 Å². The maximum atomic E-state index is 12.0. The molecule has 1 atom stereocenters. The third-order valence-corrected chi connectivity index (χ3v) is 6.49. The summed E-state index contributed by atoms with van der Waals surface area (Å²) in [6.07, 6.45) is 2.51. The van der Waals surface area contributed by atoms with E-state index in [0.29, 0.717) is 11.4 Å². The lowest BCUT2D eigenvalue weighted by Gasteiger charge is -2.10. The Hall–Kier alpha value is -1.20. The number of carbonyl (C=O) groups excluding carboxylic acids is 1. The van der Waals surface area contributed by atoms with Crippen LogP contribution < -0.4 is 9.82 Å². The van der Waals surface area contributed by atoms with Crippen molar-refractivity contribution < 1.29 is 9.53 Å². The van der Waals surface area contributed by atoms with Gasteiger partial charge in [-0.25, -0.2) is 0 Å². The Morgan fingerprint density at radius 1 is 1.29 bits per heavy atom. The van der Waals surface area contributed by atoms with Gasteiger partial charge >= 0.3 is 0 Å². The number of aromatic nitrogens is 1. The Kier molecular flexibility index (Phi) is 5.94. The van der Waals surface area contributed by atoms with Crippen molar-refractivity contribution >= 4 is 33.7 Å². The maximum Gasteiger partial charge on any atom is 0.273 e. The van der Waals surface area contributed by atoms with E-state index in [-0.39, 0.29) is 5.91 Å². The summed E-state index contributed by atoms with van der Waals surface area (Å²) >= 11 is 2.25. The number of pyridine rings is 1. The molecule has 1 aromatic heterocycles. The van der Waals surface area contributed by atoms with Crippen molar-refractivity contribution in [1.82, 2.24) is 10.1 Å². The van der Waals surface area contributed by atoms with Crippen LogP contribution in [0.2, 0.25) is 0 Å². The average Bonchev–Trinajstić information content (AvgIpc) is 2.49. The van der Waals surface area contributed by atoms with Crippen molar-refractivity contribution in [3.05, 3.63) is 53.9 Å². The quantitative estimate of drug-likeness (QED) is 0.571. The van der Waals surface area contributed by atoms with Crippen LogP contribution in [0.4, 0.5) is 0 Å². The molecule has 1 N–H and O–H groups in total. The predicted octanol–water partition coefficient (Wildman–Crippen LogP) is 4.68. The van der Waals surface area contributed by atoms with E-state index >= 15 is 0 Å². The van der Waals surface area contributed by atoms with Crippen LogP contribution in [0.1, 0.15) is 23.0 Å². The lowest BCUT2D eigenvalue weighted by Crippen LogP contribution is -2.18.